The van der Waals surface area contributed by atoms with Crippen LogP contribution >= 0.6 is 57.7 Å². The van der Waals surface area contributed by atoms with Gasteiger partial charge < -0.3 is 34.6 Å². The van der Waals surface area contributed by atoms with E-state index in [9.17, 15) is 76.3 Å². The lowest BCUT2D eigenvalue weighted by molar-refractivity contribution is 0.0730. The number of ether oxygens (including phenoxy) is 3. The molecule has 0 radical (unpaired) electrons. The van der Waals surface area contributed by atoms with Crippen molar-refractivity contribution in [2.75, 3.05) is 126 Å². The number of phenols is 2. The summed E-state index contributed by atoms with van der Waals surface area (Å²) in [5.41, 5.74) is 0.740. The number of aromatic hydroxyl groups is 2. The van der Waals surface area contributed by atoms with E-state index in [1.165, 1.54) is 154 Å². The number of phenolic OH excluding ortho intramolecular Hbond substituents is 2. The van der Waals surface area contributed by atoms with Crippen LogP contribution < -0.4 is 42.6 Å². The number of likely N-dealkylation sites (N-methyl/N-ethyl adjacent to an activating group) is 1. The summed E-state index contributed by atoms with van der Waals surface area (Å²) in [7, 11) is -13.2. The van der Waals surface area contributed by atoms with Gasteiger partial charge in [0.05, 0.1) is 108 Å². The molecule has 0 bridgehead atoms. The molecule has 5 fully saturated rings. The second-order valence-corrected chi connectivity index (χ2v) is 47.1. The first-order valence-electron chi connectivity index (χ1n) is 42.9. The highest BCUT2D eigenvalue weighted by atomic mass is 32.2. The van der Waals surface area contributed by atoms with Crippen molar-refractivity contribution >= 4 is 158 Å². The van der Waals surface area contributed by atoms with Crippen molar-refractivity contribution < 1.29 is 66.5 Å². The van der Waals surface area contributed by atoms with Crippen LogP contribution in [-0.2, 0) is 54.9 Å². The van der Waals surface area contributed by atoms with Gasteiger partial charge in [0.2, 0.25) is 50.1 Å². The zero-order chi connectivity index (χ0) is 94.7. The maximum atomic E-state index is 13.1. The Balaban J connectivity index is 0.000000122. The fourth-order valence-electron chi connectivity index (χ4n) is 16.0. The number of fused-ring (bicyclic) bond motifs is 5. The lowest BCUT2D eigenvalue weighted by Gasteiger charge is -2.31. The maximum Gasteiger partial charge on any atom is 0.273 e. The molecule has 0 unspecified atom stereocenters. The average Bonchev–Trinajstić information content (AvgIpc) is 1.50. The quantitative estimate of drug-likeness (QED) is 0.0762. The number of piperazine rings is 2. The van der Waals surface area contributed by atoms with E-state index in [0.29, 0.717) is 159 Å². The van der Waals surface area contributed by atoms with Gasteiger partial charge in [0.1, 0.15) is 45.7 Å². The van der Waals surface area contributed by atoms with E-state index < -0.39 is 50.1 Å². The molecule has 15 aromatic rings. The highest BCUT2D eigenvalue weighted by Crippen LogP contribution is 2.38. The average molecular weight is 2010 g/mol. The summed E-state index contributed by atoms with van der Waals surface area (Å²) in [5, 5.41) is 26.6. The van der Waals surface area contributed by atoms with Gasteiger partial charge in [0.25, 0.3) is 27.8 Å². The third-order valence-electron chi connectivity index (χ3n) is 23.8. The van der Waals surface area contributed by atoms with Crippen molar-refractivity contribution in [3.63, 3.8) is 0 Å². The van der Waals surface area contributed by atoms with Crippen molar-refractivity contribution in [3.05, 3.63) is 270 Å². The molecule has 5 aromatic heterocycles. The van der Waals surface area contributed by atoms with Crippen molar-refractivity contribution in [1.82, 2.24) is 51.5 Å². The Morgan fingerprint density at radius 3 is 0.948 bits per heavy atom. The van der Waals surface area contributed by atoms with Crippen LogP contribution in [0.2, 0.25) is 0 Å². The van der Waals surface area contributed by atoms with Crippen molar-refractivity contribution in [2.45, 2.75) is 64.0 Å². The molecule has 10 heterocycles. The predicted octanol–water partition coefficient (Wildman–Crippen LogP) is 12.1. The fourth-order valence-corrected chi connectivity index (χ4v) is 28.3. The third-order valence-corrected chi connectivity index (χ3v) is 38.7. The van der Waals surface area contributed by atoms with Crippen LogP contribution in [0.25, 0.3) is 78.9 Å². The van der Waals surface area contributed by atoms with Crippen LogP contribution in [0, 0.1) is 11.8 Å². The highest BCUT2D eigenvalue weighted by Gasteiger charge is 2.35. The minimum Gasteiger partial charge on any atom is -0.506 e. The van der Waals surface area contributed by atoms with E-state index in [1.54, 1.807) is 87.1 Å². The van der Waals surface area contributed by atoms with Gasteiger partial charge in [-0.3, -0.25) is 24.0 Å². The first kappa shape index (κ1) is 96.4. The number of hydrogen-bond acceptors (Lipinski definition) is 27. The zero-order valence-corrected chi connectivity index (χ0v) is 81.5. The van der Waals surface area contributed by atoms with Gasteiger partial charge in [-0.15, -0.1) is 0 Å². The molecule has 704 valence electrons. The number of nitrogens with zero attached hydrogens (tertiary/aromatic N) is 11. The first-order chi connectivity index (χ1) is 64.3. The van der Waals surface area contributed by atoms with Crippen LogP contribution in [0.1, 0.15) is 39.5 Å². The molecule has 5 saturated heterocycles. The van der Waals surface area contributed by atoms with E-state index in [2.05, 4.69) is 24.1 Å². The highest BCUT2D eigenvalue weighted by molar-refractivity contribution is 7.90. The standard InChI is InChI=1S/C19H21N3O4S2.C19H20N2O4S2.C19H20N2O3S2.C18H19N3O4S2.C17H16N2O5S2/c1-20-9-11-21(12-10-20)28(24,25)14-7-8-17(26-2)16(13-14)22-19(23)15-5-3-4-6-18(15)27-22;1-13-8-10-20(11-9-13)27(24,25)14-6-7-17(22)16(12-14)21-19(23)15-4-2-3-5-18(15)26-21;1-14-9-11-20(12-10-14)26(23,24)16-6-4-5-15(13-16)21-19(22)17-7-2-3-8-18(17)25-21;1-25-16-7-6-13(27(23,24)20-10-8-19-9-11-20)12-15(16)21-18(22)14-4-2-3-5-17(14)26-21;20-15-6-5-12(26(22,23)18-7-9-24-10-8-18)11-14(15)19-17(21)13-3-1-2-4-16(13)25-19/h3-8,13H,9-12H2,1-2H3;2-7,12-13,22H,8-11H2,1H3;2-8,13-14H,9-12H2,1H3;2-7,12,19H,8-11H2,1H3;1-6,11,20H,7-10H2. The molecular weight excluding hydrogens is 1910 g/mol. The Labute approximate surface area is 793 Å². The Hall–Kier alpha value is -10.7. The van der Waals surface area contributed by atoms with E-state index in [1.807, 2.05) is 85.9 Å². The Morgan fingerprint density at radius 1 is 0.321 bits per heavy atom. The van der Waals surface area contributed by atoms with Gasteiger partial charge in [-0.1, -0.05) is 138 Å². The zero-order valence-electron chi connectivity index (χ0n) is 73.3. The van der Waals surface area contributed by atoms with Gasteiger partial charge in [-0.05, 0) is 196 Å². The second kappa shape index (κ2) is 40.7. The number of piperidine rings is 2. The van der Waals surface area contributed by atoms with Crippen molar-refractivity contribution in [2.24, 2.45) is 11.8 Å². The van der Waals surface area contributed by atoms with Gasteiger partial charge in [0.15, 0.2) is 0 Å². The summed E-state index contributed by atoms with van der Waals surface area (Å²) in [6.07, 6.45) is 3.43. The first-order valence-corrected chi connectivity index (χ1v) is 54.0. The monoisotopic (exact) mass is 2010 g/mol. The predicted molar refractivity (Wildman–Crippen MR) is 525 cm³/mol. The third kappa shape index (κ3) is 20.0. The summed E-state index contributed by atoms with van der Waals surface area (Å²) in [6, 6.07) is 60.4. The van der Waals surface area contributed by atoms with Crippen LogP contribution in [-0.4, -0.2) is 225 Å². The summed E-state index contributed by atoms with van der Waals surface area (Å²) >= 11 is 6.21. The summed E-state index contributed by atoms with van der Waals surface area (Å²) < 4.78 is 165. The minimum absolute atomic E-state index is 0.0385. The number of sulfonamides is 5. The normalized spacial score (nSPS) is 16.5. The number of hydrogen-bond donors (Lipinski definition) is 3. The van der Waals surface area contributed by atoms with Crippen LogP contribution in [0.15, 0.2) is 267 Å². The van der Waals surface area contributed by atoms with Gasteiger partial charge in [0, 0.05) is 91.6 Å². The SMILES string of the molecule is CC1CCN(S(=O)(=O)c2ccc(O)c(-n3sc4ccccc4c3=O)c2)CC1.CC1CCN(S(=O)(=O)c2cccc(-n3sc4ccccc4c3=O)c2)CC1.COc1ccc(S(=O)(=O)N2CCN(C)CC2)cc1-n1sc2ccccc2c1=O.COc1ccc(S(=O)(=O)N2CCNCC2)cc1-n1sc2ccccc2c1=O.O=c1c2ccccc2sn1-c1cc(S(=O)(=O)N2CCOCC2)ccc1O. The molecule has 0 amide bonds. The molecule has 10 aromatic carbocycles. The van der Waals surface area contributed by atoms with E-state index in [4.69, 9.17) is 14.2 Å². The number of benzene rings is 10. The van der Waals surface area contributed by atoms with Gasteiger partial charge in [-0.2, -0.15) is 21.5 Å². The summed E-state index contributed by atoms with van der Waals surface area (Å²) in [4.78, 5) is 66.4. The molecule has 5 aliphatic heterocycles. The molecule has 134 heavy (non-hydrogen) atoms. The molecule has 5 aliphatic rings. The van der Waals surface area contributed by atoms with Crippen molar-refractivity contribution in [3.8, 4) is 51.4 Å². The summed E-state index contributed by atoms with van der Waals surface area (Å²) in [5.74, 6) is 1.69. The number of methoxy groups -OCH3 is 2. The Bertz CT molecular complexity index is 7830. The molecule has 20 rings (SSSR count). The molecular formula is C92H96N12O20S10. The minimum atomic E-state index is -3.72. The number of nitrogens with one attached hydrogen (secondary N) is 1. The van der Waals surface area contributed by atoms with E-state index in [-0.39, 0.29) is 88.2 Å². The molecule has 3 N–H and O–H groups in total. The molecule has 0 spiro atoms. The topological polar surface area (TPSA) is 380 Å². The number of rotatable bonds is 17. The molecule has 0 aliphatic carbocycles. The van der Waals surface area contributed by atoms with E-state index >= 15 is 0 Å². The fraction of sp³-hybridized carbons (Fsp3) is 0.293. The maximum absolute atomic E-state index is 13.1. The van der Waals surface area contributed by atoms with Gasteiger partial charge in [-0.25, -0.2) is 61.9 Å². The summed E-state index contributed by atoms with van der Waals surface area (Å²) in [6.45, 7) is 12.0. The van der Waals surface area contributed by atoms with Crippen molar-refractivity contribution in [1.29, 1.82) is 0 Å². The molecule has 0 saturated carbocycles. The van der Waals surface area contributed by atoms with E-state index in [0.717, 1.165) is 60.7 Å². The smallest absolute Gasteiger partial charge is 0.273 e. The van der Waals surface area contributed by atoms with Gasteiger partial charge >= 0.3 is 0 Å². The molecule has 32 nitrogen and oxygen atoms in total. The van der Waals surface area contributed by atoms with Crippen LogP contribution in [0.3, 0.4) is 0 Å². The lowest BCUT2D eigenvalue weighted by atomic mass is 10.0. The molecule has 42 heteroatoms. The van der Waals surface area contributed by atoms with Crippen LogP contribution in [0.5, 0.6) is 23.0 Å². The number of morpholine rings is 1. The molecule has 0 atom stereocenters. The Kier molecular flexibility index (Phi) is 29.3. The second-order valence-electron chi connectivity index (χ2n) is 32.5. The number of aromatic nitrogens is 5. The van der Waals surface area contributed by atoms with Crippen LogP contribution in [0.4, 0.5) is 0 Å². The largest absolute Gasteiger partial charge is 0.506 e. The Morgan fingerprint density at radius 2 is 0.604 bits per heavy atom. The lowest BCUT2D eigenvalue weighted by Crippen LogP contribution is -2.47.